The molecular formula is C54H38N4. The van der Waals surface area contributed by atoms with E-state index in [9.17, 15) is 0 Å². The lowest BCUT2D eigenvalue weighted by molar-refractivity contribution is 0.660. The monoisotopic (exact) mass is 742 g/mol. The first-order chi connectivity index (χ1) is 28.5. The Bertz CT molecular complexity index is 3160. The van der Waals surface area contributed by atoms with Crippen molar-refractivity contribution in [1.29, 1.82) is 0 Å². The third kappa shape index (κ3) is 5.41. The Labute approximate surface area is 337 Å². The van der Waals surface area contributed by atoms with E-state index in [-0.39, 0.29) is 5.41 Å². The van der Waals surface area contributed by atoms with Crippen molar-refractivity contribution in [2.24, 2.45) is 0 Å². The van der Waals surface area contributed by atoms with Crippen LogP contribution in [0.4, 0.5) is 0 Å². The molecule has 58 heavy (non-hydrogen) atoms. The fourth-order valence-corrected chi connectivity index (χ4v) is 9.03. The van der Waals surface area contributed by atoms with Crippen LogP contribution in [0.2, 0.25) is 0 Å². The molecule has 3 aromatic heterocycles. The molecule has 0 unspecified atom stereocenters. The molecule has 4 heteroatoms. The number of fused-ring (bicyclic) bond motifs is 6. The summed E-state index contributed by atoms with van der Waals surface area (Å²) in [5.41, 5.74) is 17.8. The lowest BCUT2D eigenvalue weighted by Crippen LogP contribution is -2.14. The molecule has 0 radical (unpaired) electrons. The van der Waals surface area contributed by atoms with Crippen LogP contribution in [0.25, 0.3) is 94.8 Å². The van der Waals surface area contributed by atoms with Gasteiger partial charge in [-0.3, -0.25) is 0 Å². The molecule has 0 atom stereocenters. The summed E-state index contributed by atoms with van der Waals surface area (Å²) in [5, 5.41) is 7.41. The topological polar surface area (TPSA) is 43.1 Å². The first kappa shape index (κ1) is 33.9. The van der Waals surface area contributed by atoms with Gasteiger partial charge in [-0.15, -0.1) is 0 Å². The zero-order valence-corrected chi connectivity index (χ0v) is 32.3. The van der Waals surface area contributed by atoms with Crippen LogP contribution in [-0.2, 0) is 5.41 Å². The summed E-state index contributed by atoms with van der Waals surface area (Å²) in [6.07, 6.45) is 2.01. The SMILES string of the molecule is CC1(C)c2ccccc2-c2ccc(-c3cc(-c4ccccc4)nc(-c4ccc(-c5c(-c6ccccc6)n6ncc(-c7ccccc7)c6c6ccccc56)cc4)n3)cc21. The normalized spacial score (nSPS) is 12.8. The van der Waals surface area contributed by atoms with Gasteiger partial charge in [0, 0.05) is 44.2 Å². The van der Waals surface area contributed by atoms with Gasteiger partial charge in [0.25, 0.3) is 0 Å². The highest BCUT2D eigenvalue weighted by molar-refractivity contribution is 6.13. The van der Waals surface area contributed by atoms with E-state index in [1.165, 1.54) is 27.6 Å². The van der Waals surface area contributed by atoms with Crippen molar-refractivity contribution in [1.82, 2.24) is 19.6 Å². The number of hydrogen-bond donors (Lipinski definition) is 0. The number of aromatic nitrogens is 4. The largest absolute Gasteiger partial charge is 0.231 e. The molecule has 274 valence electrons. The van der Waals surface area contributed by atoms with Crippen molar-refractivity contribution in [3.05, 3.63) is 205 Å². The average molecular weight is 743 g/mol. The van der Waals surface area contributed by atoms with Crippen LogP contribution in [0.5, 0.6) is 0 Å². The highest BCUT2D eigenvalue weighted by atomic mass is 15.2. The Hall–Kier alpha value is -7.43. The van der Waals surface area contributed by atoms with Gasteiger partial charge in [0.2, 0.25) is 0 Å². The summed E-state index contributed by atoms with van der Waals surface area (Å²) in [6, 6.07) is 66.7. The third-order valence-electron chi connectivity index (χ3n) is 11.9. The summed E-state index contributed by atoms with van der Waals surface area (Å²) in [7, 11) is 0. The smallest absolute Gasteiger partial charge is 0.160 e. The molecule has 7 aromatic carbocycles. The van der Waals surface area contributed by atoms with Gasteiger partial charge in [0.15, 0.2) is 5.82 Å². The van der Waals surface area contributed by atoms with Crippen LogP contribution in [0, 0.1) is 0 Å². The maximum absolute atomic E-state index is 5.29. The molecule has 0 amide bonds. The van der Waals surface area contributed by atoms with Crippen molar-refractivity contribution in [2.45, 2.75) is 19.3 Å². The Morgan fingerprint density at radius 1 is 0.414 bits per heavy atom. The Balaban J connectivity index is 1.07. The molecule has 1 aliphatic rings. The summed E-state index contributed by atoms with van der Waals surface area (Å²) >= 11 is 0. The van der Waals surface area contributed by atoms with E-state index >= 15 is 0 Å². The van der Waals surface area contributed by atoms with Gasteiger partial charge >= 0.3 is 0 Å². The van der Waals surface area contributed by atoms with Gasteiger partial charge < -0.3 is 0 Å². The second kappa shape index (κ2) is 13.4. The predicted octanol–water partition coefficient (Wildman–Crippen LogP) is 13.6. The van der Waals surface area contributed by atoms with Crippen LogP contribution in [0.3, 0.4) is 0 Å². The number of rotatable bonds is 6. The number of benzene rings is 7. The summed E-state index contributed by atoms with van der Waals surface area (Å²) < 4.78 is 2.14. The van der Waals surface area contributed by atoms with E-state index in [0.717, 1.165) is 72.5 Å². The van der Waals surface area contributed by atoms with Crippen molar-refractivity contribution < 1.29 is 0 Å². The van der Waals surface area contributed by atoms with Crippen molar-refractivity contribution in [3.63, 3.8) is 0 Å². The van der Waals surface area contributed by atoms with Crippen molar-refractivity contribution >= 4 is 16.3 Å². The minimum Gasteiger partial charge on any atom is -0.231 e. The lowest BCUT2D eigenvalue weighted by Gasteiger charge is -2.22. The standard InChI is InChI=1S/C54H38N4/c1-54(2)46-25-15-14-22-41(46)42-31-30-40(32-47(42)54)49-33-48(36-18-8-4-9-19-36)56-53(57-49)39-28-26-37(27-29-39)50-43-23-12-13-24-44(43)52-45(35-16-6-3-7-17-35)34-55-58(52)51(50)38-20-10-5-11-21-38/h3-34H,1-2H3. The zero-order chi connectivity index (χ0) is 38.8. The molecule has 3 heterocycles. The molecule has 4 nitrogen and oxygen atoms in total. The van der Waals surface area contributed by atoms with E-state index in [4.69, 9.17) is 15.1 Å². The summed E-state index contributed by atoms with van der Waals surface area (Å²) in [6.45, 7) is 4.64. The molecule has 10 aromatic rings. The minimum absolute atomic E-state index is 0.110. The highest BCUT2D eigenvalue weighted by Crippen LogP contribution is 2.50. The maximum Gasteiger partial charge on any atom is 0.160 e. The summed E-state index contributed by atoms with van der Waals surface area (Å²) in [5.74, 6) is 0.689. The first-order valence-electron chi connectivity index (χ1n) is 19.9. The lowest BCUT2D eigenvalue weighted by atomic mass is 9.82. The van der Waals surface area contributed by atoms with Gasteiger partial charge in [0.1, 0.15) is 0 Å². The fraction of sp³-hybridized carbons (Fsp3) is 0.0556. The molecule has 1 aliphatic carbocycles. The van der Waals surface area contributed by atoms with Gasteiger partial charge in [-0.1, -0.05) is 190 Å². The van der Waals surface area contributed by atoms with E-state index < -0.39 is 0 Å². The van der Waals surface area contributed by atoms with E-state index in [2.05, 4.69) is 200 Å². The second-order valence-electron chi connectivity index (χ2n) is 15.7. The van der Waals surface area contributed by atoms with Crippen LogP contribution < -0.4 is 0 Å². The highest BCUT2D eigenvalue weighted by Gasteiger charge is 2.35. The first-order valence-corrected chi connectivity index (χ1v) is 19.9. The van der Waals surface area contributed by atoms with Gasteiger partial charge in [-0.25, -0.2) is 14.5 Å². The molecule has 0 saturated carbocycles. The maximum atomic E-state index is 5.29. The molecular weight excluding hydrogens is 705 g/mol. The van der Waals surface area contributed by atoms with Gasteiger partial charge in [-0.2, -0.15) is 5.10 Å². The van der Waals surface area contributed by atoms with E-state index in [1.807, 2.05) is 12.3 Å². The van der Waals surface area contributed by atoms with Gasteiger partial charge in [-0.05, 0) is 50.9 Å². The van der Waals surface area contributed by atoms with Crippen molar-refractivity contribution in [3.8, 4) is 78.5 Å². The third-order valence-corrected chi connectivity index (χ3v) is 11.9. The van der Waals surface area contributed by atoms with Crippen LogP contribution in [-0.4, -0.2) is 19.6 Å². The second-order valence-corrected chi connectivity index (χ2v) is 15.7. The Kier molecular flexibility index (Phi) is 7.80. The van der Waals surface area contributed by atoms with E-state index in [0.29, 0.717) is 5.82 Å². The average Bonchev–Trinajstić information content (AvgIpc) is 3.83. The number of pyridine rings is 1. The van der Waals surface area contributed by atoms with E-state index in [1.54, 1.807) is 0 Å². The van der Waals surface area contributed by atoms with Crippen molar-refractivity contribution in [2.75, 3.05) is 0 Å². The number of hydrogen-bond acceptors (Lipinski definition) is 3. The Morgan fingerprint density at radius 3 is 1.69 bits per heavy atom. The predicted molar refractivity (Wildman–Crippen MR) is 238 cm³/mol. The Morgan fingerprint density at radius 2 is 0.966 bits per heavy atom. The molecule has 11 rings (SSSR count). The molecule has 0 fully saturated rings. The molecule has 0 saturated heterocycles. The quantitative estimate of drug-likeness (QED) is 0.170. The number of nitrogens with zero attached hydrogens (tertiary/aromatic N) is 4. The zero-order valence-electron chi connectivity index (χ0n) is 32.3. The van der Waals surface area contributed by atoms with Gasteiger partial charge in [0.05, 0.1) is 28.8 Å². The fourth-order valence-electron chi connectivity index (χ4n) is 9.03. The molecule has 0 aliphatic heterocycles. The summed E-state index contributed by atoms with van der Waals surface area (Å²) in [4.78, 5) is 10.5. The molecule has 0 N–H and O–H groups in total. The van der Waals surface area contributed by atoms with Crippen LogP contribution >= 0.6 is 0 Å². The molecule has 0 bridgehead atoms. The van der Waals surface area contributed by atoms with Crippen LogP contribution in [0.15, 0.2) is 194 Å². The minimum atomic E-state index is -0.110. The van der Waals surface area contributed by atoms with Crippen LogP contribution in [0.1, 0.15) is 25.0 Å². The molecule has 0 spiro atoms.